The summed E-state index contributed by atoms with van der Waals surface area (Å²) in [6, 6.07) is 5.24. The minimum atomic E-state index is -0.323. The van der Waals surface area contributed by atoms with E-state index in [1.165, 1.54) is 0 Å². The Morgan fingerprint density at radius 3 is 2.53 bits per heavy atom. The number of benzene rings is 1. The maximum Gasteiger partial charge on any atom is 0.272 e. The molecule has 0 heterocycles. The van der Waals surface area contributed by atoms with Crippen molar-refractivity contribution in [3.8, 4) is 0 Å². The molecule has 0 aliphatic rings. The van der Waals surface area contributed by atoms with Crippen molar-refractivity contribution in [3.05, 3.63) is 39.4 Å². The second-order valence-corrected chi connectivity index (χ2v) is 6.07. The second kappa shape index (κ2) is 6.15. The lowest BCUT2D eigenvalue weighted by Gasteiger charge is -2.29. The zero-order valence-electron chi connectivity index (χ0n) is 12.5. The van der Waals surface area contributed by atoms with Gasteiger partial charge in [-0.15, -0.1) is 0 Å². The highest BCUT2D eigenvalue weighted by molar-refractivity contribution is 5.44. The fraction of sp³-hybridized carbons (Fsp3) is 0.600. The minimum absolute atomic E-state index is 0.197. The lowest BCUT2D eigenvalue weighted by molar-refractivity contribution is -0.385. The minimum Gasteiger partial charge on any atom is -0.312 e. The number of hydrogen-bond donors (Lipinski definition) is 1. The van der Waals surface area contributed by atoms with Crippen LogP contribution in [0, 0.1) is 28.4 Å². The van der Waals surface area contributed by atoms with Crippen LogP contribution in [0.25, 0.3) is 0 Å². The van der Waals surface area contributed by atoms with Gasteiger partial charge >= 0.3 is 0 Å². The number of nitrogens with one attached hydrogen (secondary N) is 1. The predicted molar refractivity (Wildman–Crippen MR) is 78.2 cm³/mol. The van der Waals surface area contributed by atoms with Crippen LogP contribution < -0.4 is 5.32 Å². The molecule has 1 rings (SSSR count). The van der Waals surface area contributed by atoms with Crippen LogP contribution in [-0.2, 0) is 6.54 Å². The van der Waals surface area contributed by atoms with E-state index in [0.717, 1.165) is 17.7 Å². The van der Waals surface area contributed by atoms with Gasteiger partial charge in [-0.3, -0.25) is 10.1 Å². The van der Waals surface area contributed by atoms with Gasteiger partial charge in [0.1, 0.15) is 0 Å². The quantitative estimate of drug-likeness (QED) is 0.630. The van der Waals surface area contributed by atoms with E-state index in [-0.39, 0.29) is 16.0 Å². The van der Waals surface area contributed by atoms with Gasteiger partial charge in [-0.25, -0.2) is 0 Å². The highest BCUT2D eigenvalue weighted by Crippen LogP contribution is 2.25. The van der Waals surface area contributed by atoms with Gasteiger partial charge in [-0.2, -0.15) is 0 Å². The third-order valence-corrected chi connectivity index (χ3v) is 4.07. The highest BCUT2D eigenvalue weighted by Gasteiger charge is 2.21. The van der Waals surface area contributed by atoms with Gasteiger partial charge in [0.25, 0.3) is 5.69 Å². The average molecular weight is 264 g/mol. The fourth-order valence-electron chi connectivity index (χ4n) is 1.78. The summed E-state index contributed by atoms with van der Waals surface area (Å²) in [7, 11) is 0. The second-order valence-electron chi connectivity index (χ2n) is 6.07. The van der Waals surface area contributed by atoms with Crippen LogP contribution in [0.15, 0.2) is 18.2 Å². The van der Waals surface area contributed by atoms with E-state index in [1.807, 2.05) is 13.0 Å². The van der Waals surface area contributed by atoms with Gasteiger partial charge in [-0.1, -0.05) is 39.8 Å². The molecule has 0 saturated carbocycles. The molecule has 0 amide bonds. The molecular formula is C15H24N2O2. The molecule has 0 saturated heterocycles. The first-order valence-electron chi connectivity index (χ1n) is 6.69. The SMILES string of the molecule is Cc1c(CNCC(C)(C)C(C)C)cccc1[N+](=O)[O-]. The van der Waals surface area contributed by atoms with Gasteiger partial charge < -0.3 is 5.32 Å². The Morgan fingerprint density at radius 1 is 1.37 bits per heavy atom. The van der Waals surface area contributed by atoms with Crippen LogP contribution in [0.1, 0.15) is 38.8 Å². The highest BCUT2D eigenvalue weighted by atomic mass is 16.6. The van der Waals surface area contributed by atoms with E-state index >= 15 is 0 Å². The number of nitro benzene ring substituents is 1. The number of rotatable bonds is 6. The molecule has 106 valence electrons. The molecule has 0 radical (unpaired) electrons. The molecule has 19 heavy (non-hydrogen) atoms. The molecule has 4 heteroatoms. The molecular weight excluding hydrogens is 240 g/mol. The Kier molecular flexibility index (Phi) is 5.06. The van der Waals surface area contributed by atoms with E-state index < -0.39 is 0 Å². The largest absolute Gasteiger partial charge is 0.312 e. The van der Waals surface area contributed by atoms with Crippen molar-refractivity contribution >= 4 is 5.69 Å². The third kappa shape index (κ3) is 4.03. The monoisotopic (exact) mass is 264 g/mol. The van der Waals surface area contributed by atoms with E-state index in [4.69, 9.17) is 0 Å². The summed E-state index contributed by atoms with van der Waals surface area (Å²) in [4.78, 5) is 10.6. The molecule has 0 atom stereocenters. The molecule has 0 aliphatic heterocycles. The standard InChI is InChI=1S/C15H24N2O2/c1-11(2)15(4,5)10-16-9-13-7-6-8-14(12(13)3)17(18)19/h6-8,11,16H,9-10H2,1-5H3. The summed E-state index contributed by atoms with van der Waals surface area (Å²) in [6.07, 6.45) is 0. The zero-order valence-corrected chi connectivity index (χ0v) is 12.5. The van der Waals surface area contributed by atoms with Crippen molar-refractivity contribution in [1.82, 2.24) is 5.32 Å². The van der Waals surface area contributed by atoms with Gasteiger partial charge in [0.15, 0.2) is 0 Å². The van der Waals surface area contributed by atoms with E-state index in [0.29, 0.717) is 12.5 Å². The molecule has 4 nitrogen and oxygen atoms in total. The molecule has 0 unspecified atom stereocenters. The van der Waals surface area contributed by atoms with Crippen molar-refractivity contribution in [2.24, 2.45) is 11.3 Å². The Balaban J connectivity index is 2.69. The zero-order chi connectivity index (χ0) is 14.6. The first-order chi connectivity index (χ1) is 8.75. The summed E-state index contributed by atoms with van der Waals surface area (Å²) < 4.78 is 0. The topological polar surface area (TPSA) is 55.2 Å². The summed E-state index contributed by atoms with van der Waals surface area (Å²) in [5.74, 6) is 0.589. The molecule has 0 spiro atoms. The Labute approximate surface area is 115 Å². The average Bonchev–Trinajstić information content (AvgIpc) is 2.30. The van der Waals surface area contributed by atoms with Crippen LogP contribution in [0.4, 0.5) is 5.69 Å². The van der Waals surface area contributed by atoms with Crippen molar-refractivity contribution in [2.45, 2.75) is 41.2 Å². The van der Waals surface area contributed by atoms with Crippen molar-refractivity contribution in [1.29, 1.82) is 0 Å². The van der Waals surface area contributed by atoms with E-state index in [9.17, 15) is 10.1 Å². The van der Waals surface area contributed by atoms with E-state index in [1.54, 1.807) is 12.1 Å². The third-order valence-electron chi connectivity index (χ3n) is 4.07. The Hall–Kier alpha value is -1.42. The molecule has 1 N–H and O–H groups in total. The summed E-state index contributed by atoms with van der Waals surface area (Å²) in [5.41, 5.74) is 2.16. The number of hydrogen-bond acceptors (Lipinski definition) is 3. The maximum atomic E-state index is 10.9. The van der Waals surface area contributed by atoms with Gasteiger partial charge in [0, 0.05) is 24.7 Å². The molecule has 1 aromatic rings. The predicted octanol–water partition coefficient (Wildman–Crippen LogP) is 3.68. The maximum absolute atomic E-state index is 10.9. The van der Waals surface area contributed by atoms with Crippen LogP contribution in [0.3, 0.4) is 0 Å². The summed E-state index contributed by atoms with van der Waals surface area (Å²) >= 11 is 0. The smallest absolute Gasteiger partial charge is 0.272 e. The van der Waals surface area contributed by atoms with Crippen LogP contribution >= 0.6 is 0 Å². The number of nitro groups is 1. The van der Waals surface area contributed by atoms with Gasteiger partial charge in [0.2, 0.25) is 0 Å². The lowest BCUT2D eigenvalue weighted by Crippen LogP contribution is -2.33. The van der Waals surface area contributed by atoms with Gasteiger partial charge in [-0.05, 0) is 23.8 Å². The van der Waals surface area contributed by atoms with E-state index in [2.05, 4.69) is 33.0 Å². The van der Waals surface area contributed by atoms with Gasteiger partial charge in [0.05, 0.1) is 4.92 Å². The molecule has 0 aromatic heterocycles. The van der Waals surface area contributed by atoms with Crippen molar-refractivity contribution < 1.29 is 4.92 Å². The first-order valence-corrected chi connectivity index (χ1v) is 6.69. The fourth-order valence-corrected chi connectivity index (χ4v) is 1.78. The van der Waals surface area contributed by atoms with Crippen molar-refractivity contribution in [3.63, 3.8) is 0 Å². The summed E-state index contributed by atoms with van der Waals surface area (Å²) in [5, 5.41) is 14.3. The van der Waals surface area contributed by atoms with Crippen molar-refractivity contribution in [2.75, 3.05) is 6.54 Å². The molecule has 1 aromatic carbocycles. The normalized spacial score (nSPS) is 11.9. The molecule has 0 fully saturated rings. The Morgan fingerprint density at radius 2 is 2.00 bits per heavy atom. The summed E-state index contributed by atoms with van der Waals surface area (Å²) in [6.45, 7) is 12.2. The first kappa shape index (κ1) is 15.6. The van der Waals surface area contributed by atoms with Crippen LogP contribution in [-0.4, -0.2) is 11.5 Å². The lowest BCUT2D eigenvalue weighted by atomic mass is 9.81. The molecule has 0 aliphatic carbocycles. The Bertz CT molecular complexity index is 453. The molecule has 0 bridgehead atoms. The number of nitrogens with zero attached hydrogens (tertiary/aromatic N) is 1. The van der Waals surface area contributed by atoms with Crippen LogP contribution in [0.5, 0.6) is 0 Å². The van der Waals surface area contributed by atoms with Crippen LogP contribution in [0.2, 0.25) is 0 Å².